The number of halogens is 1. The van der Waals surface area contributed by atoms with Crippen molar-refractivity contribution < 1.29 is 4.39 Å². The van der Waals surface area contributed by atoms with E-state index < -0.39 is 0 Å². The van der Waals surface area contributed by atoms with Gasteiger partial charge in [0.05, 0.1) is 5.51 Å². The molecule has 2 aromatic rings. The van der Waals surface area contributed by atoms with Crippen molar-refractivity contribution in [3.8, 4) is 0 Å². The minimum absolute atomic E-state index is 0.0502. The monoisotopic (exact) mass is 248 g/mol. The van der Waals surface area contributed by atoms with Gasteiger partial charge in [0.2, 0.25) is 0 Å². The summed E-state index contributed by atoms with van der Waals surface area (Å²) in [5.74, 6) is -0.155. The van der Waals surface area contributed by atoms with Crippen LogP contribution in [-0.4, -0.2) is 18.1 Å². The molecule has 1 aromatic heterocycles. The maximum Gasteiger partial charge on any atom is 0.123 e. The Morgan fingerprint density at radius 3 is 2.88 bits per heavy atom. The summed E-state index contributed by atoms with van der Waals surface area (Å²) < 4.78 is 13.3. The summed E-state index contributed by atoms with van der Waals surface area (Å²) in [7, 11) is 0. The summed E-state index contributed by atoms with van der Waals surface area (Å²) in [5, 5.41) is 3.29. The molecule has 1 saturated heterocycles. The summed E-state index contributed by atoms with van der Waals surface area (Å²) in [6.45, 7) is 1.82. The number of nitrogens with one attached hydrogen (secondary N) is 1. The fourth-order valence-corrected chi connectivity index (χ4v) is 3.08. The molecule has 3 rings (SSSR count). The number of nitrogens with zero attached hydrogens (tertiary/aromatic N) is 1. The maximum absolute atomic E-state index is 13.3. The number of aromatic nitrogens is 1. The second-order valence-corrected chi connectivity index (χ2v) is 5.51. The molecule has 4 heteroatoms. The Hall–Kier alpha value is -1.26. The van der Waals surface area contributed by atoms with Gasteiger partial charge >= 0.3 is 0 Å². The van der Waals surface area contributed by atoms with Gasteiger partial charge in [-0.1, -0.05) is 12.1 Å². The van der Waals surface area contributed by atoms with Crippen molar-refractivity contribution in [2.75, 3.05) is 13.1 Å². The molecule has 0 saturated carbocycles. The average molecular weight is 248 g/mol. The third-order valence-corrected chi connectivity index (χ3v) is 4.14. The first-order valence-corrected chi connectivity index (χ1v) is 6.51. The first-order valence-electron chi connectivity index (χ1n) is 5.63. The Labute approximate surface area is 104 Å². The minimum Gasteiger partial charge on any atom is -0.315 e. The Bertz CT molecular complexity index is 506. The molecular weight excluding hydrogens is 235 g/mol. The predicted molar refractivity (Wildman–Crippen MR) is 66.8 cm³/mol. The van der Waals surface area contributed by atoms with Crippen LogP contribution in [0.4, 0.5) is 4.39 Å². The van der Waals surface area contributed by atoms with Gasteiger partial charge in [0.1, 0.15) is 5.82 Å². The zero-order chi connectivity index (χ0) is 11.7. The quantitative estimate of drug-likeness (QED) is 0.902. The van der Waals surface area contributed by atoms with E-state index in [-0.39, 0.29) is 11.2 Å². The van der Waals surface area contributed by atoms with Crippen molar-refractivity contribution in [2.45, 2.75) is 11.8 Å². The lowest BCUT2D eigenvalue weighted by Gasteiger charge is -2.43. The molecule has 17 heavy (non-hydrogen) atoms. The molecule has 0 spiro atoms. The van der Waals surface area contributed by atoms with Crippen LogP contribution >= 0.6 is 11.3 Å². The molecule has 0 bridgehead atoms. The van der Waals surface area contributed by atoms with Gasteiger partial charge in [0.25, 0.3) is 0 Å². The highest BCUT2D eigenvalue weighted by atomic mass is 32.1. The number of hydrogen-bond acceptors (Lipinski definition) is 3. The van der Waals surface area contributed by atoms with Crippen molar-refractivity contribution in [3.63, 3.8) is 0 Å². The van der Waals surface area contributed by atoms with Crippen LogP contribution in [0.1, 0.15) is 10.4 Å². The molecule has 1 aliphatic rings. The lowest BCUT2D eigenvalue weighted by atomic mass is 9.72. The highest BCUT2D eigenvalue weighted by molar-refractivity contribution is 7.09. The number of thiazole rings is 1. The van der Waals surface area contributed by atoms with Crippen LogP contribution in [0.25, 0.3) is 0 Å². The summed E-state index contributed by atoms with van der Waals surface area (Å²) in [5.41, 5.74) is 2.99. The number of benzene rings is 1. The lowest BCUT2D eigenvalue weighted by Crippen LogP contribution is -2.58. The normalized spacial score (nSPS) is 17.7. The van der Waals surface area contributed by atoms with Crippen molar-refractivity contribution in [1.82, 2.24) is 10.3 Å². The fourth-order valence-electron chi connectivity index (χ4n) is 2.34. The van der Waals surface area contributed by atoms with Gasteiger partial charge in [-0.25, -0.2) is 4.39 Å². The molecule has 1 aliphatic heterocycles. The molecule has 2 heterocycles. The average Bonchev–Trinajstić information content (AvgIpc) is 2.76. The van der Waals surface area contributed by atoms with Crippen molar-refractivity contribution >= 4 is 11.3 Å². The molecule has 0 unspecified atom stereocenters. The van der Waals surface area contributed by atoms with Crippen molar-refractivity contribution in [3.05, 3.63) is 52.2 Å². The summed E-state index contributed by atoms with van der Waals surface area (Å²) >= 11 is 1.67. The van der Waals surface area contributed by atoms with E-state index in [2.05, 4.69) is 10.3 Å². The molecule has 0 radical (unpaired) electrons. The highest BCUT2D eigenvalue weighted by Gasteiger charge is 2.39. The van der Waals surface area contributed by atoms with E-state index in [0.29, 0.717) is 0 Å². The molecule has 2 nitrogen and oxygen atoms in total. The molecule has 88 valence electrons. The molecule has 1 N–H and O–H groups in total. The predicted octanol–water partition coefficient (Wildman–Crippen LogP) is 2.37. The van der Waals surface area contributed by atoms with Gasteiger partial charge in [0, 0.05) is 29.6 Å². The van der Waals surface area contributed by atoms with E-state index in [1.807, 2.05) is 17.8 Å². The Balaban J connectivity index is 1.92. The zero-order valence-electron chi connectivity index (χ0n) is 9.32. The summed E-state index contributed by atoms with van der Waals surface area (Å²) in [4.78, 5) is 5.36. The van der Waals surface area contributed by atoms with Crippen LogP contribution in [0, 0.1) is 5.82 Å². The summed E-state index contributed by atoms with van der Waals surface area (Å²) in [6, 6.07) is 6.96. The van der Waals surface area contributed by atoms with E-state index >= 15 is 0 Å². The number of hydrogen-bond donors (Lipinski definition) is 1. The second-order valence-electron chi connectivity index (χ2n) is 4.54. The van der Waals surface area contributed by atoms with Gasteiger partial charge in [-0.2, -0.15) is 0 Å². The van der Waals surface area contributed by atoms with Gasteiger partial charge < -0.3 is 5.32 Å². The first-order chi connectivity index (χ1) is 8.28. The largest absolute Gasteiger partial charge is 0.315 e. The van der Waals surface area contributed by atoms with Gasteiger partial charge in [-0.05, 0) is 24.1 Å². The van der Waals surface area contributed by atoms with Gasteiger partial charge in [0.15, 0.2) is 0 Å². The van der Waals surface area contributed by atoms with Crippen molar-refractivity contribution in [2.24, 2.45) is 0 Å². The van der Waals surface area contributed by atoms with E-state index in [0.717, 1.165) is 25.1 Å². The van der Waals surface area contributed by atoms with Gasteiger partial charge in [-0.3, -0.25) is 4.98 Å². The molecule has 0 aliphatic carbocycles. The molecule has 0 atom stereocenters. The third-order valence-electron chi connectivity index (χ3n) is 3.36. The Morgan fingerprint density at radius 2 is 2.29 bits per heavy atom. The van der Waals surface area contributed by atoms with Crippen LogP contribution in [0.5, 0.6) is 0 Å². The van der Waals surface area contributed by atoms with Crippen LogP contribution in [0.15, 0.2) is 36.0 Å². The molecule has 1 aromatic carbocycles. The molecule has 1 fully saturated rings. The zero-order valence-corrected chi connectivity index (χ0v) is 10.1. The fraction of sp³-hybridized carbons (Fsp3) is 0.308. The van der Waals surface area contributed by atoms with Crippen molar-refractivity contribution in [1.29, 1.82) is 0 Å². The lowest BCUT2D eigenvalue weighted by molar-refractivity contribution is 0.275. The van der Waals surface area contributed by atoms with Crippen LogP contribution in [0.3, 0.4) is 0 Å². The van der Waals surface area contributed by atoms with E-state index in [4.69, 9.17) is 0 Å². The maximum atomic E-state index is 13.3. The topological polar surface area (TPSA) is 24.9 Å². The van der Waals surface area contributed by atoms with Gasteiger partial charge in [-0.15, -0.1) is 11.3 Å². The van der Waals surface area contributed by atoms with Crippen LogP contribution in [-0.2, 0) is 11.8 Å². The SMILES string of the molecule is Fc1cccc(C2(Cc3cncs3)CNC2)c1. The van der Waals surface area contributed by atoms with E-state index in [1.165, 1.54) is 10.9 Å². The standard InChI is InChI=1S/C13H13FN2S/c14-11-3-1-2-10(4-11)13(7-16-8-13)5-12-6-15-9-17-12/h1-4,6,9,16H,5,7-8H2. The smallest absolute Gasteiger partial charge is 0.123 e. The molecule has 0 amide bonds. The Morgan fingerprint density at radius 1 is 1.41 bits per heavy atom. The summed E-state index contributed by atoms with van der Waals surface area (Å²) in [6.07, 6.45) is 2.85. The van der Waals surface area contributed by atoms with E-state index in [9.17, 15) is 4.39 Å². The second kappa shape index (κ2) is 4.20. The van der Waals surface area contributed by atoms with Crippen LogP contribution < -0.4 is 5.32 Å². The minimum atomic E-state index is -0.155. The van der Waals surface area contributed by atoms with E-state index in [1.54, 1.807) is 23.5 Å². The Kier molecular flexibility index (Phi) is 2.68. The highest BCUT2D eigenvalue weighted by Crippen LogP contribution is 2.33. The third kappa shape index (κ3) is 1.98. The number of rotatable bonds is 3. The first kappa shape index (κ1) is 10.9. The van der Waals surface area contributed by atoms with Crippen LogP contribution in [0.2, 0.25) is 0 Å². The molecular formula is C13H13FN2S.